The predicted molar refractivity (Wildman–Crippen MR) is 127 cm³/mol. The molecule has 1 amide bonds. The van der Waals surface area contributed by atoms with Gasteiger partial charge < -0.3 is 5.32 Å². The summed E-state index contributed by atoms with van der Waals surface area (Å²) < 4.78 is 71.4. The number of alkyl halides is 4. The number of hydrogen-bond acceptors (Lipinski definition) is 6. The van der Waals surface area contributed by atoms with Gasteiger partial charge in [-0.2, -0.15) is 9.78 Å². The molecule has 0 aliphatic heterocycles. The van der Waals surface area contributed by atoms with Crippen LogP contribution in [0.5, 0.6) is 0 Å². The first-order valence-electron chi connectivity index (χ1n) is 11.7. The van der Waals surface area contributed by atoms with Gasteiger partial charge in [0, 0.05) is 36.7 Å². The molecule has 1 fully saturated rings. The van der Waals surface area contributed by atoms with E-state index in [1.54, 1.807) is 0 Å². The van der Waals surface area contributed by atoms with Crippen LogP contribution in [0.1, 0.15) is 54.0 Å². The first-order valence-corrected chi connectivity index (χ1v) is 11.7. The number of halogens is 5. The zero-order valence-electron chi connectivity index (χ0n) is 20.4. The smallest absolute Gasteiger partial charge is 0.273 e. The van der Waals surface area contributed by atoms with Crippen molar-refractivity contribution in [1.82, 2.24) is 35.1 Å². The second-order valence-corrected chi connectivity index (χ2v) is 9.24. The van der Waals surface area contributed by atoms with Crippen LogP contribution in [0.3, 0.4) is 0 Å². The normalized spacial score (nSPS) is 17.1. The molecule has 1 unspecified atom stereocenters. The Kier molecular flexibility index (Phi) is 6.27. The van der Waals surface area contributed by atoms with E-state index in [-0.39, 0.29) is 29.1 Å². The van der Waals surface area contributed by atoms with Crippen molar-refractivity contribution in [3.63, 3.8) is 0 Å². The fraction of sp³-hybridized carbons (Fsp3) is 0.280. The van der Waals surface area contributed by atoms with Crippen molar-refractivity contribution >= 4 is 5.91 Å². The van der Waals surface area contributed by atoms with E-state index in [2.05, 4.69) is 25.7 Å². The molecule has 0 radical (unpaired) electrons. The number of rotatable bonds is 7. The lowest BCUT2D eigenvalue weighted by Crippen LogP contribution is -2.31. The molecule has 1 aliphatic rings. The molecule has 0 spiro atoms. The molecule has 3 heterocycles. The summed E-state index contributed by atoms with van der Waals surface area (Å²) in [4.78, 5) is 29.5. The van der Waals surface area contributed by atoms with Crippen LogP contribution < -0.4 is 10.9 Å². The number of benzene rings is 1. The van der Waals surface area contributed by atoms with Gasteiger partial charge >= 0.3 is 0 Å². The van der Waals surface area contributed by atoms with Crippen molar-refractivity contribution in [2.45, 2.75) is 44.2 Å². The monoisotopic (exact) mass is 545 g/mol. The Labute approximate surface area is 217 Å². The minimum atomic E-state index is -3.42. The van der Waals surface area contributed by atoms with Crippen molar-refractivity contribution in [2.75, 3.05) is 0 Å². The Morgan fingerprint density at radius 3 is 2.62 bits per heavy atom. The van der Waals surface area contributed by atoms with E-state index in [0.29, 0.717) is 12.5 Å². The molecule has 2 atom stereocenters. The SMILES string of the molecule is C[C@@H](NC(=O)c1ccc(=O)n(-c2cncc(-c3cnnn3C3CC3(F)F)c2)n1)c1cccc(C(C)(F)F)c1F. The number of hydrogen-bond donors (Lipinski definition) is 1. The third-order valence-electron chi connectivity index (χ3n) is 6.28. The van der Waals surface area contributed by atoms with Crippen molar-refractivity contribution in [3.8, 4) is 16.9 Å². The minimum Gasteiger partial charge on any atom is -0.344 e. The summed E-state index contributed by atoms with van der Waals surface area (Å²) in [5.74, 6) is -8.26. The third kappa shape index (κ3) is 5.01. The summed E-state index contributed by atoms with van der Waals surface area (Å²) in [6, 6.07) is 5.03. The quantitative estimate of drug-likeness (QED) is 0.349. The highest BCUT2D eigenvalue weighted by molar-refractivity contribution is 5.92. The molecule has 202 valence electrons. The number of aromatic nitrogens is 6. The molecular weight excluding hydrogens is 525 g/mol. The molecule has 14 heteroatoms. The number of nitrogens with one attached hydrogen (secondary N) is 1. The fourth-order valence-corrected chi connectivity index (χ4v) is 4.12. The Balaban J connectivity index is 1.41. The van der Waals surface area contributed by atoms with Gasteiger partial charge in [0.05, 0.1) is 35.4 Å². The van der Waals surface area contributed by atoms with Crippen molar-refractivity contribution in [2.24, 2.45) is 0 Å². The molecule has 1 aliphatic carbocycles. The average Bonchev–Trinajstić information content (AvgIpc) is 3.27. The molecule has 39 heavy (non-hydrogen) atoms. The van der Waals surface area contributed by atoms with Crippen molar-refractivity contribution < 1.29 is 26.7 Å². The van der Waals surface area contributed by atoms with E-state index in [1.165, 1.54) is 43.7 Å². The van der Waals surface area contributed by atoms with Crippen LogP contribution in [0.25, 0.3) is 16.9 Å². The fourth-order valence-electron chi connectivity index (χ4n) is 4.12. The third-order valence-corrected chi connectivity index (χ3v) is 6.28. The zero-order valence-corrected chi connectivity index (χ0v) is 20.4. The lowest BCUT2D eigenvalue weighted by atomic mass is 10.0. The lowest BCUT2D eigenvalue weighted by Gasteiger charge is -2.19. The standard InChI is InChI=1S/C25H20F5N7O2/c1-13(16-4-3-5-17(22(16)26)24(2,27)28)33-23(39)18-6-7-21(38)36(34-18)15-8-14(10-31-11-15)19-12-32-35-37(19)20-9-25(20,29)30/h3-8,10-13,20H,9H2,1-2H3,(H,33,39)/t13-,20?/m1/s1. The van der Waals surface area contributed by atoms with Crippen LogP contribution in [-0.2, 0) is 5.92 Å². The Bertz CT molecular complexity index is 1630. The van der Waals surface area contributed by atoms with E-state index in [9.17, 15) is 31.5 Å². The van der Waals surface area contributed by atoms with Crippen LogP contribution in [0, 0.1) is 5.82 Å². The Morgan fingerprint density at radius 1 is 1.18 bits per heavy atom. The van der Waals surface area contributed by atoms with Gasteiger partial charge in [-0.05, 0) is 19.1 Å². The molecule has 1 saturated carbocycles. The van der Waals surface area contributed by atoms with Gasteiger partial charge in [0.1, 0.15) is 17.6 Å². The predicted octanol–water partition coefficient (Wildman–Crippen LogP) is 4.21. The van der Waals surface area contributed by atoms with E-state index in [4.69, 9.17) is 0 Å². The number of carbonyl (C=O) groups is 1. The van der Waals surface area contributed by atoms with Crippen LogP contribution in [-0.4, -0.2) is 41.6 Å². The number of amides is 1. The Hall–Kier alpha value is -4.49. The summed E-state index contributed by atoms with van der Waals surface area (Å²) in [7, 11) is 0. The molecule has 0 saturated heterocycles. The summed E-state index contributed by atoms with van der Waals surface area (Å²) in [6.45, 7) is 1.98. The van der Waals surface area contributed by atoms with Gasteiger partial charge in [0.25, 0.3) is 23.3 Å². The Morgan fingerprint density at radius 2 is 1.92 bits per heavy atom. The van der Waals surface area contributed by atoms with Crippen LogP contribution in [0.4, 0.5) is 22.0 Å². The second-order valence-electron chi connectivity index (χ2n) is 9.24. The zero-order chi connectivity index (χ0) is 28.1. The summed E-state index contributed by atoms with van der Waals surface area (Å²) in [5.41, 5.74) is -1.10. The van der Waals surface area contributed by atoms with E-state index in [1.807, 2.05) is 0 Å². The van der Waals surface area contributed by atoms with Gasteiger partial charge in [-0.25, -0.2) is 26.6 Å². The molecule has 1 N–H and O–H groups in total. The van der Waals surface area contributed by atoms with Gasteiger partial charge in [0.2, 0.25) is 0 Å². The van der Waals surface area contributed by atoms with E-state index in [0.717, 1.165) is 27.6 Å². The van der Waals surface area contributed by atoms with Crippen molar-refractivity contribution in [1.29, 1.82) is 0 Å². The number of nitrogens with zero attached hydrogens (tertiary/aromatic N) is 6. The van der Waals surface area contributed by atoms with Crippen LogP contribution in [0.15, 0.2) is 59.8 Å². The van der Waals surface area contributed by atoms with Gasteiger partial charge in [0.15, 0.2) is 0 Å². The summed E-state index contributed by atoms with van der Waals surface area (Å²) in [5, 5.41) is 14.0. The minimum absolute atomic E-state index is 0.124. The number of pyridine rings is 1. The van der Waals surface area contributed by atoms with Crippen LogP contribution >= 0.6 is 0 Å². The van der Waals surface area contributed by atoms with Gasteiger partial charge in [-0.1, -0.05) is 23.4 Å². The molecule has 9 nitrogen and oxygen atoms in total. The van der Waals surface area contributed by atoms with E-state index >= 15 is 0 Å². The van der Waals surface area contributed by atoms with Crippen molar-refractivity contribution in [3.05, 3.63) is 88.0 Å². The molecule has 1 aromatic carbocycles. The number of carbonyl (C=O) groups excluding carboxylic acids is 1. The second kappa shape index (κ2) is 9.36. The average molecular weight is 545 g/mol. The highest BCUT2D eigenvalue weighted by atomic mass is 19.3. The van der Waals surface area contributed by atoms with E-state index < -0.39 is 46.8 Å². The first kappa shape index (κ1) is 26.1. The maximum Gasteiger partial charge on any atom is 0.273 e. The largest absolute Gasteiger partial charge is 0.344 e. The first-order chi connectivity index (χ1) is 18.4. The molecule has 4 aromatic rings. The van der Waals surface area contributed by atoms with Crippen LogP contribution in [0.2, 0.25) is 0 Å². The summed E-state index contributed by atoms with van der Waals surface area (Å²) >= 11 is 0. The molecule has 0 bridgehead atoms. The highest BCUT2D eigenvalue weighted by Crippen LogP contribution is 2.53. The maximum absolute atomic E-state index is 14.7. The molecule has 3 aromatic heterocycles. The lowest BCUT2D eigenvalue weighted by molar-refractivity contribution is 0.0135. The topological polar surface area (TPSA) is 108 Å². The molecular formula is C25H20F5N7O2. The molecule has 5 rings (SSSR count). The summed E-state index contributed by atoms with van der Waals surface area (Å²) in [6.07, 6.45) is 3.58. The maximum atomic E-state index is 14.7. The highest BCUT2D eigenvalue weighted by Gasteiger charge is 2.59. The van der Waals surface area contributed by atoms with Gasteiger partial charge in [-0.3, -0.25) is 14.6 Å². The van der Waals surface area contributed by atoms with Gasteiger partial charge in [-0.15, -0.1) is 5.10 Å².